The van der Waals surface area contributed by atoms with Crippen LogP contribution in [0.3, 0.4) is 0 Å². The number of hydrogen-bond acceptors (Lipinski definition) is 5. The molecule has 1 aromatic heterocycles. The molecule has 3 rings (SSSR count). The maximum atomic E-state index is 12.8. The number of ether oxygens (including phenoxy) is 1. The van der Waals surface area contributed by atoms with Crippen LogP contribution in [0.15, 0.2) is 51.7 Å². The number of likely N-dealkylation sites (N-methyl/N-ethyl adjacent to an activating group) is 1. The van der Waals surface area contributed by atoms with Crippen molar-refractivity contribution in [3.05, 3.63) is 69.6 Å². The molecule has 1 unspecified atom stereocenters. The molecule has 0 aliphatic rings. The van der Waals surface area contributed by atoms with Gasteiger partial charge in [0, 0.05) is 23.2 Å². The summed E-state index contributed by atoms with van der Waals surface area (Å²) >= 11 is 0. The van der Waals surface area contributed by atoms with Crippen molar-refractivity contribution in [3.63, 3.8) is 0 Å². The van der Waals surface area contributed by atoms with Crippen LogP contribution in [0.4, 0.5) is 5.69 Å². The first-order chi connectivity index (χ1) is 14.8. The van der Waals surface area contributed by atoms with Crippen molar-refractivity contribution in [1.29, 1.82) is 0 Å². The number of nitrogens with one attached hydrogen (secondary N) is 1. The Balaban J connectivity index is 1.86. The summed E-state index contributed by atoms with van der Waals surface area (Å²) in [6, 6.07) is 12.9. The molecular weight excluding hydrogens is 392 g/mol. The minimum absolute atomic E-state index is 0.0230. The number of nitrogens with zero attached hydrogens (tertiary/aromatic N) is 1. The molecule has 1 amide bonds. The molecule has 1 N–H and O–H groups in total. The Labute approximate surface area is 182 Å². The highest BCUT2D eigenvalue weighted by atomic mass is 16.5. The van der Waals surface area contributed by atoms with Gasteiger partial charge in [-0.2, -0.15) is 0 Å². The van der Waals surface area contributed by atoms with Crippen molar-refractivity contribution in [3.8, 4) is 5.75 Å². The fourth-order valence-corrected chi connectivity index (χ4v) is 3.81. The Bertz CT molecular complexity index is 1120. The molecule has 31 heavy (non-hydrogen) atoms. The summed E-state index contributed by atoms with van der Waals surface area (Å²) in [5, 5.41) is 3.50. The third-order valence-electron chi connectivity index (χ3n) is 5.30. The number of rotatable bonds is 8. The average Bonchev–Trinajstić information content (AvgIpc) is 2.74. The molecule has 6 heteroatoms. The van der Waals surface area contributed by atoms with Crippen molar-refractivity contribution in [2.45, 2.75) is 32.6 Å². The summed E-state index contributed by atoms with van der Waals surface area (Å²) in [4.78, 5) is 27.5. The summed E-state index contributed by atoms with van der Waals surface area (Å²) in [6.07, 6.45) is 1.60. The molecule has 3 aromatic rings. The monoisotopic (exact) mass is 422 g/mol. The zero-order valence-corrected chi connectivity index (χ0v) is 18.8. The topological polar surface area (TPSA) is 71.8 Å². The molecule has 0 radical (unpaired) electrons. The molecule has 6 nitrogen and oxygen atoms in total. The van der Waals surface area contributed by atoms with Crippen molar-refractivity contribution >= 4 is 22.6 Å². The molecule has 0 aliphatic carbocycles. The molecular formula is C25H30N2O4. The predicted molar refractivity (Wildman–Crippen MR) is 124 cm³/mol. The van der Waals surface area contributed by atoms with Crippen LogP contribution in [0.1, 0.15) is 47.7 Å². The fourth-order valence-electron chi connectivity index (χ4n) is 3.81. The van der Waals surface area contributed by atoms with Gasteiger partial charge in [0.05, 0.1) is 7.11 Å². The van der Waals surface area contributed by atoms with E-state index in [1.165, 1.54) is 5.56 Å². The normalized spacial score (nSPS) is 12.2. The van der Waals surface area contributed by atoms with Gasteiger partial charge in [-0.05, 0) is 62.3 Å². The first-order valence-electron chi connectivity index (χ1n) is 10.5. The molecule has 1 heterocycles. The number of amides is 1. The maximum Gasteiger partial charge on any atom is 0.349 e. The first kappa shape index (κ1) is 22.6. The Morgan fingerprint density at radius 2 is 1.87 bits per heavy atom. The van der Waals surface area contributed by atoms with E-state index >= 15 is 0 Å². The van der Waals surface area contributed by atoms with Gasteiger partial charge in [0.15, 0.2) is 0 Å². The Hall–Kier alpha value is -3.12. The number of hydrogen-bond donors (Lipinski definition) is 1. The highest BCUT2D eigenvalue weighted by Crippen LogP contribution is 2.29. The molecule has 0 saturated carbocycles. The summed E-state index contributed by atoms with van der Waals surface area (Å²) in [5.41, 5.74) is 2.45. The van der Waals surface area contributed by atoms with Crippen LogP contribution in [0.25, 0.3) is 11.0 Å². The van der Waals surface area contributed by atoms with Crippen molar-refractivity contribution in [1.82, 2.24) is 4.90 Å². The van der Waals surface area contributed by atoms with E-state index in [9.17, 15) is 9.59 Å². The van der Waals surface area contributed by atoms with Crippen LogP contribution in [0, 0.1) is 0 Å². The van der Waals surface area contributed by atoms with Crippen LogP contribution >= 0.6 is 0 Å². The van der Waals surface area contributed by atoms with Crippen molar-refractivity contribution in [2.75, 3.05) is 33.1 Å². The number of benzene rings is 2. The third kappa shape index (κ3) is 5.14. The van der Waals surface area contributed by atoms with E-state index in [1.54, 1.807) is 19.2 Å². The number of carbonyl (C=O) groups excluding carboxylic acids is 1. The number of carbonyl (C=O) groups is 1. The molecule has 0 bridgehead atoms. The lowest BCUT2D eigenvalue weighted by Gasteiger charge is -2.17. The summed E-state index contributed by atoms with van der Waals surface area (Å²) < 4.78 is 11.0. The molecule has 0 saturated heterocycles. The minimum atomic E-state index is -0.660. The van der Waals surface area contributed by atoms with Gasteiger partial charge >= 0.3 is 5.63 Å². The molecule has 0 fully saturated rings. The molecule has 1 atom stereocenters. The van der Waals surface area contributed by atoms with Gasteiger partial charge in [0.1, 0.15) is 16.9 Å². The quantitative estimate of drug-likeness (QED) is 0.534. The van der Waals surface area contributed by atoms with Gasteiger partial charge in [-0.3, -0.25) is 4.79 Å². The van der Waals surface area contributed by atoms with Crippen LogP contribution in [0.2, 0.25) is 0 Å². The van der Waals surface area contributed by atoms with E-state index in [0.29, 0.717) is 34.7 Å². The Morgan fingerprint density at radius 1 is 1.16 bits per heavy atom. The lowest BCUT2D eigenvalue weighted by Crippen LogP contribution is -2.21. The molecule has 164 valence electrons. The van der Waals surface area contributed by atoms with Crippen molar-refractivity contribution in [2.24, 2.45) is 0 Å². The Morgan fingerprint density at radius 3 is 2.48 bits per heavy atom. The van der Waals surface area contributed by atoms with E-state index < -0.39 is 11.5 Å². The maximum absolute atomic E-state index is 12.8. The zero-order chi connectivity index (χ0) is 22.5. The van der Waals surface area contributed by atoms with E-state index in [-0.39, 0.29) is 5.56 Å². The second kappa shape index (κ2) is 9.79. The summed E-state index contributed by atoms with van der Waals surface area (Å²) in [5.74, 6) is 0.567. The number of aryl methyl sites for hydroxylation is 1. The third-order valence-corrected chi connectivity index (χ3v) is 5.30. The van der Waals surface area contributed by atoms with Gasteiger partial charge in [-0.15, -0.1) is 0 Å². The van der Waals surface area contributed by atoms with Gasteiger partial charge in [0.2, 0.25) is 0 Å². The van der Waals surface area contributed by atoms with Crippen LogP contribution in [0.5, 0.6) is 5.75 Å². The lowest BCUT2D eigenvalue weighted by molar-refractivity contribution is 0.102. The number of anilines is 1. The Kier molecular flexibility index (Phi) is 7.13. The molecule has 2 aromatic carbocycles. The second-order valence-electron chi connectivity index (χ2n) is 8.10. The number of fused-ring (bicyclic) bond motifs is 1. The van der Waals surface area contributed by atoms with Crippen LogP contribution in [-0.4, -0.2) is 38.6 Å². The molecule has 0 aliphatic heterocycles. The van der Waals surface area contributed by atoms with E-state index in [0.717, 1.165) is 18.5 Å². The highest BCUT2D eigenvalue weighted by molar-refractivity contribution is 6.05. The predicted octanol–water partition coefficient (Wildman–Crippen LogP) is 4.67. The smallest absolute Gasteiger partial charge is 0.349 e. The highest BCUT2D eigenvalue weighted by Gasteiger charge is 2.17. The van der Waals surface area contributed by atoms with Gasteiger partial charge in [0.25, 0.3) is 5.91 Å². The van der Waals surface area contributed by atoms with Crippen LogP contribution in [-0.2, 0) is 6.42 Å². The van der Waals surface area contributed by atoms with Crippen molar-refractivity contribution < 1.29 is 13.9 Å². The zero-order valence-electron chi connectivity index (χ0n) is 18.8. The lowest BCUT2D eigenvalue weighted by atomic mass is 10.0. The standard InChI is InChI=1S/C25H30N2O4/c1-6-7-20-22(30-5)13-10-18-14-21(25(29)31-23(18)20)24(28)26-19-11-8-17(9-12-19)16(2)15-27(3)4/h8-14,16H,6-7,15H2,1-5H3,(H,26,28). The average molecular weight is 423 g/mol. The summed E-state index contributed by atoms with van der Waals surface area (Å²) in [7, 11) is 5.68. The largest absolute Gasteiger partial charge is 0.496 e. The van der Waals surface area contributed by atoms with Gasteiger partial charge < -0.3 is 19.4 Å². The van der Waals surface area contributed by atoms with Gasteiger partial charge in [-0.25, -0.2) is 4.79 Å². The number of methoxy groups -OCH3 is 1. The first-order valence-corrected chi connectivity index (χ1v) is 10.5. The van der Waals surface area contributed by atoms with Gasteiger partial charge in [-0.1, -0.05) is 32.4 Å². The molecule has 0 spiro atoms. The van der Waals surface area contributed by atoms with E-state index in [2.05, 4.69) is 17.1 Å². The van der Waals surface area contributed by atoms with Crippen LogP contribution < -0.4 is 15.7 Å². The van der Waals surface area contributed by atoms with E-state index in [1.807, 2.05) is 51.4 Å². The second-order valence-corrected chi connectivity index (χ2v) is 8.10. The van der Waals surface area contributed by atoms with E-state index in [4.69, 9.17) is 9.15 Å². The SMILES string of the molecule is CCCc1c(OC)ccc2cc(C(=O)Nc3ccc(C(C)CN(C)C)cc3)c(=O)oc12. The summed E-state index contributed by atoms with van der Waals surface area (Å²) in [6.45, 7) is 5.15. The minimum Gasteiger partial charge on any atom is -0.496 e. The fraction of sp³-hybridized carbons (Fsp3) is 0.360.